The predicted molar refractivity (Wildman–Crippen MR) is 105 cm³/mol. The molecule has 0 aliphatic carbocycles. The zero-order valence-electron chi connectivity index (χ0n) is 15.0. The first-order valence-electron chi connectivity index (χ1n) is 8.28. The van der Waals surface area contributed by atoms with Gasteiger partial charge in [-0.05, 0) is 42.5 Å². The van der Waals surface area contributed by atoms with Crippen LogP contribution in [0.2, 0.25) is 0 Å². The van der Waals surface area contributed by atoms with Gasteiger partial charge in [-0.25, -0.2) is 13.1 Å². The van der Waals surface area contributed by atoms with Crippen molar-refractivity contribution in [2.24, 2.45) is 5.73 Å². The van der Waals surface area contributed by atoms with Gasteiger partial charge in [-0.15, -0.1) is 0 Å². The summed E-state index contributed by atoms with van der Waals surface area (Å²) >= 11 is 0. The predicted octanol–water partition coefficient (Wildman–Crippen LogP) is 1.65. The highest BCUT2D eigenvalue weighted by Crippen LogP contribution is 2.26. The van der Waals surface area contributed by atoms with E-state index in [1.807, 2.05) is 0 Å². The van der Waals surface area contributed by atoms with Gasteiger partial charge in [-0.1, -0.05) is 12.1 Å². The summed E-state index contributed by atoms with van der Waals surface area (Å²) in [7, 11) is -3.31. The Bertz CT molecular complexity index is 1120. The molecular weight excluding hydrogens is 380 g/mol. The second-order valence-corrected chi connectivity index (χ2v) is 8.10. The van der Waals surface area contributed by atoms with E-state index in [1.165, 1.54) is 12.1 Å². The fourth-order valence-electron chi connectivity index (χ4n) is 2.66. The van der Waals surface area contributed by atoms with Crippen molar-refractivity contribution < 1.29 is 18.0 Å². The van der Waals surface area contributed by atoms with Crippen LogP contribution in [0.4, 0.5) is 5.69 Å². The van der Waals surface area contributed by atoms with Crippen LogP contribution in [0.25, 0.3) is 16.9 Å². The Labute approximate surface area is 161 Å². The number of benzene rings is 2. The molecule has 0 aliphatic rings. The van der Waals surface area contributed by atoms with Crippen molar-refractivity contribution in [1.29, 1.82) is 0 Å². The number of aldehydes is 1. The van der Waals surface area contributed by atoms with E-state index in [-0.39, 0.29) is 17.1 Å². The molecule has 0 radical (unpaired) electrons. The molecule has 0 spiro atoms. The molecule has 0 saturated carbocycles. The number of amides is 1. The first-order chi connectivity index (χ1) is 13.3. The first kappa shape index (κ1) is 19.3. The molecule has 0 atom stereocenters. The molecule has 8 nitrogen and oxygen atoms in total. The van der Waals surface area contributed by atoms with E-state index in [0.29, 0.717) is 16.9 Å². The number of nitrogens with two attached hydrogens (primary N) is 1. The van der Waals surface area contributed by atoms with Gasteiger partial charge in [0.15, 0.2) is 15.5 Å². The fraction of sp³-hybridized carbons (Fsp3) is 0.105. The zero-order valence-corrected chi connectivity index (χ0v) is 15.8. The number of carbonyl (C=O) groups is 2. The van der Waals surface area contributed by atoms with Crippen LogP contribution in [0.5, 0.6) is 0 Å². The van der Waals surface area contributed by atoms with Crippen LogP contribution in [0.15, 0.2) is 59.5 Å². The molecule has 1 amide bonds. The monoisotopic (exact) mass is 398 g/mol. The number of hydrogen-bond acceptors (Lipinski definition) is 6. The summed E-state index contributed by atoms with van der Waals surface area (Å²) in [6.07, 6.45) is 1.90. The smallest absolute Gasteiger partial charge is 0.269 e. The summed E-state index contributed by atoms with van der Waals surface area (Å²) in [4.78, 5) is 22.3. The zero-order chi connectivity index (χ0) is 20.3. The molecule has 0 saturated heterocycles. The highest BCUT2D eigenvalue weighted by atomic mass is 32.2. The third-order valence-corrected chi connectivity index (χ3v) is 5.17. The molecule has 28 heavy (non-hydrogen) atoms. The van der Waals surface area contributed by atoms with E-state index >= 15 is 0 Å². The third-order valence-electron chi connectivity index (χ3n) is 4.04. The normalized spacial score (nSPS) is 11.2. The Kier molecular flexibility index (Phi) is 5.27. The average molecular weight is 398 g/mol. The summed E-state index contributed by atoms with van der Waals surface area (Å²) in [5.74, 6) is -0.669. The number of rotatable bonds is 7. The van der Waals surface area contributed by atoms with Crippen LogP contribution in [0.3, 0.4) is 0 Å². The molecule has 0 unspecified atom stereocenters. The van der Waals surface area contributed by atoms with E-state index in [2.05, 4.69) is 10.4 Å². The topological polar surface area (TPSA) is 124 Å². The highest BCUT2D eigenvalue weighted by Gasteiger charge is 2.16. The molecule has 0 fully saturated rings. The Balaban J connectivity index is 2.04. The maximum absolute atomic E-state index is 11.7. The maximum atomic E-state index is 11.7. The molecule has 2 aromatic carbocycles. The number of aromatic nitrogens is 2. The van der Waals surface area contributed by atoms with E-state index in [0.717, 1.165) is 18.2 Å². The number of anilines is 1. The lowest BCUT2D eigenvalue weighted by Gasteiger charge is -2.09. The molecule has 3 N–H and O–H groups in total. The van der Waals surface area contributed by atoms with Gasteiger partial charge < -0.3 is 15.8 Å². The van der Waals surface area contributed by atoms with Gasteiger partial charge in [-0.2, -0.15) is 5.10 Å². The summed E-state index contributed by atoms with van der Waals surface area (Å²) in [5.41, 5.74) is 8.16. The largest absolute Gasteiger partial charge is 0.378 e. The molecule has 3 rings (SSSR count). The molecule has 0 aliphatic heterocycles. The number of nitrogens with one attached hydrogen (secondary N) is 1. The van der Waals surface area contributed by atoms with Crippen molar-refractivity contribution in [3.63, 3.8) is 0 Å². The van der Waals surface area contributed by atoms with E-state index < -0.39 is 15.7 Å². The quantitative estimate of drug-likeness (QED) is 0.583. The summed E-state index contributed by atoms with van der Waals surface area (Å²) in [6.45, 7) is 0.199. The minimum absolute atomic E-state index is 0.0883. The van der Waals surface area contributed by atoms with Crippen LogP contribution < -0.4 is 11.1 Å². The highest BCUT2D eigenvalue weighted by molar-refractivity contribution is 7.90. The van der Waals surface area contributed by atoms with E-state index in [1.54, 1.807) is 47.1 Å². The Hall–Kier alpha value is -3.46. The van der Waals surface area contributed by atoms with Gasteiger partial charge >= 0.3 is 0 Å². The van der Waals surface area contributed by atoms with Crippen LogP contribution >= 0.6 is 0 Å². The number of nitrogens with zero attached hydrogens (tertiary/aromatic N) is 2. The summed E-state index contributed by atoms with van der Waals surface area (Å²) in [6, 6.07) is 15.0. The molecule has 3 aromatic rings. The minimum Gasteiger partial charge on any atom is -0.378 e. The summed E-state index contributed by atoms with van der Waals surface area (Å²) in [5, 5.41) is 7.20. The molecule has 144 valence electrons. The lowest BCUT2D eigenvalue weighted by molar-refractivity contribution is -0.106. The van der Waals surface area contributed by atoms with E-state index in [9.17, 15) is 18.0 Å². The molecular formula is C19H18N4O4S. The van der Waals surface area contributed by atoms with Gasteiger partial charge in [0.05, 0.1) is 22.8 Å². The molecule has 9 heteroatoms. The lowest BCUT2D eigenvalue weighted by Crippen LogP contribution is -2.12. The second kappa shape index (κ2) is 7.65. The Morgan fingerprint density at radius 2 is 1.79 bits per heavy atom. The molecule has 0 bridgehead atoms. The summed E-state index contributed by atoms with van der Waals surface area (Å²) < 4.78 is 24.9. The van der Waals surface area contributed by atoms with Gasteiger partial charge in [0.1, 0.15) is 6.29 Å². The number of primary amides is 1. The SMILES string of the molecule is CS(=O)(=O)c1ccc(-c2cc(C(N)=O)nn2-c2ccc(NCC=O)cc2)cc1. The Morgan fingerprint density at radius 3 is 2.32 bits per heavy atom. The Morgan fingerprint density at radius 1 is 1.14 bits per heavy atom. The number of carbonyl (C=O) groups excluding carboxylic acids is 2. The van der Waals surface area contributed by atoms with Crippen molar-refractivity contribution in [2.45, 2.75) is 4.90 Å². The van der Waals surface area contributed by atoms with Crippen molar-refractivity contribution in [1.82, 2.24) is 9.78 Å². The minimum atomic E-state index is -3.31. The maximum Gasteiger partial charge on any atom is 0.269 e. The number of hydrogen-bond donors (Lipinski definition) is 2. The second-order valence-electron chi connectivity index (χ2n) is 6.08. The van der Waals surface area contributed by atoms with Crippen LogP contribution in [-0.4, -0.2) is 43.2 Å². The van der Waals surface area contributed by atoms with Gasteiger partial charge in [-0.3, -0.25) is 4.79 Å². The van der Waals surface area contributed by atoms with Crippen LogP contribution in [0, 0.1) is 0 Å². The molecule has 1 heterocycles. The van der Waals surface area contributed by atoms with Crippen LogP contribution in [-0.2, 0) is 14.6 Å². The van der Waals surface area contributed by atoms with Crippen molar-refractivity contribution in [3.05, 3.63) is 60.3 Å². The average Bonchev–Trinajstić information content (AvgIpc) is 3.12. The first-order valence-corrected chi connectivity index (χ1v) is 10.2. The van der Waals surface area contributed by atoms with Gasteiger partial charge in [0, 0.05) is 17.5 Å². The third kappa shape index (κ3) is 4.09. The van der Waals surface area contributed by atoms with E-state index in [4.69, 9.17) is 5.73 Å². The van der Waals surface area contributed by atoms with Crippen molar-refractivity contribution in [2.75, 3.05) is 18.1 Å². The standard InChI is InChI=1S/C19H18N4O4S/c1-28(26,27)16-8-2-13(3-9-16)18-12-17(19(20)25)22-23(18)15-6-4-14(5-7-15)21-10-11-24/h2-9,11-12,21H,10H2,1H3,(H2,20,25). The lowest BCUT2D eigenvalue weighted by atomic mass is 10.1. The van der Waals surface area contributed by atoms with Crippen molar-refractivity contribution in [3.8, 4) is 16.9 Å². The molecule has 1 aromatic heterocycles. The number of sulfone groups is 1. The van der Waals surface area contributed by atoms with Crippen LogP contribution in [0.1, 0.15) is 10.5 Å². The van der Waals surface area contributed by atoms with Crippen molar-refractivity contribution >= 4 is 27.7 Å². The van der Waals surface area contributed by atoms with Gasteiger partial charge in [0.25, 0.3) is 5.91 Å². The fourth-order valence-corrected chi connectivity index (χ4v) is 3.29. The van der Waals surface area contributed by atoms with Gasteiger partial charge in [0.2, 0.25) is 0 Å².